The number of hydrogen-bond acceptors (Lipinski definition) is 3. The van der Waals surface area contributed by atoms with Crippen molar-refractivity contribution in [1.29, 1.82) is 0 Å². The average molecular weight is 433 g/mol. The standard InChI is InChI=1S/C21H15F4N3O3/c1-10(20(30)31)14-6-4-12(18-26-7-8-28(14)18)16-17(21(23,24)25)13-9-11(22)3-5-15(13)27(2)19(16)29/h3-10H,1-2H3,(H,30,31). The highest BCUT2D eigenvalue weighted by molar-refractivity contribution is 5.92. The largest absolute Gasteiger partial charge is 0.481 e. The second kappa shape index (κ2) is 6.93. The first-order chi connectivity index (χ1) is 14.5. The van der Waals surface area contributed by atoms with E-state index in [9.17, 15) is 32.3 Å². The summed E-state index contributed by atoms with van der Waals surface area (Å²) in [5, 5.41) is 8.86. The minimum atomic E-state index is -4.97. The predicted molar refractivity (Wildman–Crippen MR) is 104 cm³/mol. The quantitative estimate of drug-likeness (QED) is 0.492. The Balaban J connectivity index is 2.18. The molecular weight excluding hydrogens is 418 g/mol. The number of hydrogen-bond donors (Lipinski definition) is 1. The molecule has 0 aliphatic carbocycles. The number of pyridine rings is 2. The van der Waals surface area contributed by atoms with Crippen molar-refractivity contribution in [2.24, 2.45) is 7.05 Å². The number of fused-ring (bicyclic) bond motifs is 2. The van der Waals surface area contributed by atoms with Crippen LogP contribution in [-0.2, 0) is 18.0 Å². The van der Waals surface area contributed by atoms with Crippen LogP contribution in [-0.4, -0.2) is 25.0 Å². The van der Waals surface area contributed by atoms with Crippen molar-refractivity contribution < 1.29 is 27.5 Å². The number of rotatable bonds is 3. The number of carboxylic acids is 1. The van der Waals surface area contributed by atoms with E-state index in [4.69, 9.17) is 0 Å². The molecule has 1 atom stereocenters. The lowest BCUT2D eigenvalue weighted by Crippen LogP contribution is -2.25. The molecule has 0 fully saturated rings. The topological polar surface area (TPSA) is 76.6 Å². The van der Waals surface area contributed by atoms with Crippen LogP contribution in [0.3, 0.4) is 0 Å². The number of aromatic nitrogens is 3. The van der Waals surface area contributed by atoms with Gasteiger partial charge in [0.1, 0.15) is 11.5 Å². The molecule has 0 saturated heterocycles. The van der Waals surface area contributed by atoms with Crippen molar-refractivity contribution in [3.8, 4) is 11.1 Å². The number of aryl methyl sites for hydroxylation is 1. The highest BCUT2D eigenvalue weighted by Gasteiger charge is 2.39. The molecule has 6 nitrogen and oxygen atoms in total. The number of benzene rings is 1. The van der Waals surface area contributed by atoms with E-state index in [-0.39, 0.29) is 22.4 Å². The minimum Gasteiger partial charge on any atom is -0.481 e. The normalized spacial score (nSPS) is 13.1. The Kier molecular flexibility index (Phi) is 4.60. The lowest BCUT2D eigenvalue weighted by atomic mass is 9.96. The first-order valence-electron chi connectivity index (χ1n) is 9.11. The summed E-state index contributed by atoms with van der Waals surface area (Å²) >= 11 is 0. The van der Waals surface area contributed by atoms with E-state index in [1.807, 2.05) is 0 Å². The van der Waals surface area contributed by atoms with Gasteiger partial charge in [-0.05, 0) is 37.3 Å². The predicted octanol–water partition coefficient (Wildman–Crippen LogP) is 4.20. The second-order valence-corrected chi connectivity index (χ2v) is 7.13. The average Bonchev–Trinajstić information content (AvgIpc) is 3.18. The Bertz CT molecular complexity index is 1420. The first-order valence-corrected chi connectivity index (χ1v) is 9.11. The summed E-state index contributed by atoms with van der Waals surface area (Å²) < 4.78 is 58.7. The van der Waals surface area contributed by atoms with E-state index in [2.05, 4.69) is 4.98 Å². The Labute approximate surface area is 172 Å². The van der Waals surface area contributed by atoms with E-state index in [0.717, 1.165) is 22.8 Å². The molecule has 10 heteroatoms. The van der Waals surface area contributed by atoms with Gasteiger partial charge in [-0.15, -0.1) is 0 Å². The summed E-state index contributed by atoms with van der Waals surface area (Å²) in [6.07, 6.45) is -2.26. The summed E-state index contributed by atoms with van der Waals surface area (Å²) in [6.45, 7) is 1.43. The van der Waals surface area contributed by atoms with Gasteiger partial charge in [0.15, 0.2) is 0 Å². The molecule has 0 spiro atoms. The van der Waals surface area contributed by atoms with Crippen molar-refractivity contribution in [3.63, 3.8) is 0 Å². The van der Waals surface area contributed by atoms with Gasteiger partial charge in [0.05, 0.1) is 22.6 Å². The molecule has 4 aromatic rings. The lowest BCUT2D eigenvalue weighted by Gasteiger charge is -2.19. The number of alkyl halides is 3. The molecule has 160 valence electrons. The molecule has 0 aliphatic heterocycles. The van der Waals surface area contributed by atoms with Crippen molar-refractivity contribution in [1.82, 2.24) is 14.0 Å². The highest BCUT2D eigenvalue weighted by atomic mass is 19.4. The molecule has 0 aliphatic rings. The first kappa shape index (κ1) is 20.6. The van der Waals surface area contributed by atoms with Gasteiger partial charge in [0.2, 0.25) is 0 Å². The number of aliphatic carboxylic acids is 1. The summed E-state index contributed by atoms with van der Waals surface area (Å²) in [5.41, 5.74) is -2.82. The van der Waals surface area contributed by atoms with Gasteiger partial charge in [-0.3, -0.25) is 9.59 Å². The summed E-state index contributed by atoms with van der Waals surface area (Å²) in [7, 11) is 1.30. The van der Waals surface area contributed by atoms with E-state index in [0.29, 0.717) is 0 Å². The van der Waals surface area contributed by atoms with Crippen LogP contribution < -0.4 is 5.56 Å². The molecule has 4 rings (SSSR count). The maximum absolute atomic E-state index is 14.2. The van der Waals surface area contributed by atoms with Crippen molar-refractivity contribution in [2.75, 3.05) is 0 Å². The molecule has 1 unspecified atom stereocenters. The molecule has 0 radical (unpaired) electrons. The fraction of sp³-hybridized carbons (Fsp3) is 0.190. The molecule has 0 bridgehead atoms. The number of carbonyl (C=O) groups is 1. The molecule has 0 saturated carbocycles. The Morgan fingerprint density at radius 1 is 1.19 bits per heavy atom. The van der Waals surface area contributed by atoms with Gasteiger partial charge in [0.25, 0.3) is 5.56 Å². The van der Waals surface area contributed by atoms with E-state index < -0.39 is 46.0 Å². The lowest BCUT2D eigenvalue weighted by molar-refractivity contribution is -0.138. The zero-order valence-electron chi connectivity index (χ0n) is 16.2. The van der Waals surface area contributed by atoms with Crippen LogP contribution in [0.4, 0.5) is 17.6 Å². The van der Waals surface area contributed by atoms with Crippen molar-refractivity contribution in [3.05, 3.63) is 70.2 Å². The number of imidazole rings is 1. The molecule has 31 heavy (non-hydrogen) atoms. The maximum Gasteiger partial charge on any atom is 0.417 e. The van der Waals surface area contributed by atoms with Crippen LogP contribution in [0.2, 0.25) is 0 Å². The second-order valence-electron chi connectivity index (χ2n) is 7.13. The third-order valence-electron chi connectivity index (χ3n) is 5.31. The molecular formula is C21H15F4N3O3. The summed E-state index contributed by atoms with van der Waals surface area (Å²) in [5.74, 6) is -2.98. The third kappa shape index (κ3) is 3.15. The molecule has 3 heterocycles. The molecule has 3 aromatic heterocycles. The number of carboxylic acid groups (broad SMARTS) is 1. The zero-order valence-corrected chi connectivity index (χ0v) is 16.2. The van der Waals surface area contributed by atoms with Gasteiger partial charge < -0.3 is 14.1 Å². The third-order valence-corrected chi connectivity index (χ3v) is 5.31. The maximum atomic E-state index is 14.2. The van der Waals surface area contributed by atoms with E-state index >= 15 is 0 Å². The smallest absolute Gasteiger partial charge is 0.417 e. The fourth-order valence-corrected chi connectivity index (χ4v) is 3.77. The number of nitrogens with zero attached hydrogens (tertiary/aromatic N) is 3. The Hall–Kier alpha value is -3.69. The Morgan fingerprint density at radius 2 is 1.90 bits per heavy atom. The van der Waals surface area contributed by atoms with Crippen LogP contribution in [0, 0.1) is 5.82 Å². The highest BCUT2D eigenvalue weighted by Crippen LogP contribution is 2.41. The van der Waals surface area contributed by atoms with Crippen molar-refractivity contribution >= 4 is 22.5 Å². The van der Waals surface area contributed by atoms with E-state index in [1.54, 1.807) is 0 Å². The monoisotopic (exact) mass is 433 g/mol. The van der Waals surface area contributed by atoms with Crippen LogP contribution in [0.15, 0.2) is 47.5 Å². The van der Waals surface area contributed by atoms with Gasteiger partial charge in [-0.2, -0.15) is 13.2 Å². The summed E-state index contributed by atoms with van der Waals surface area (Å²) in [4.78, 5) is 28.5. The van der Waals surface area contributed by atoms with Crippen LogP contribution in [0.5, 0.6) is 0 Å². The van der Waals surface area contributed by atoms with E-state index in [1.165, 1.54) is 42.9 Å². The van der Waals surface area contributed by atoms with Crippen LogP contribution >= 0.6 is 0 Å². The summed E-state index contributed by atoms with van der Waals surface area (Å²) in [6, 6.07) is 5.43. The number of halogens is 4. The molecule has 1 N–H and O–H groups in total. The van der Waals surface area contributed by atoms with Gasteiger partial charge in [-0.25, -0.2) is 9.37 Å². The van der Waals surface area contributed by atoms with Gasteiger partial charge >= 0.3 is 12.1 Å². The zero-order chi connectivity index (χ0) is 22.7. The molecule has 0 amide bonds. The van der Waals surface area contributed by atoms with Gasteiger partial charge in [-0.1, -0.05) is 0 Å². The van der Waals surface area contributed by atoms with Gasteiger partial charge in [0, 0.05) is 36.1 Å². The van der Waals surface area contributed by atoms with Crippen molar-refractivity contribution in [2.45, 2.75) is 19.0 Å². The van der Waals surface area contributed by atoms with Crippen LogP contribution in [0.1, 0.15) is 24.1 Å². The minimum absolute atomic E-state index is 0.0102. The van der Waals surface area contributed by atoms with Crippen LogP contribution in [0.25, 0.3) is 27.7 Å². The fourth-order valence-electron chi connectivity index (χ4n) is 3.77. The molecule has 1 aromatic carbocycles. The Morgan fingerprint density at radius 3 is 2.55 bits per heavy atom. The SMILES string of the molecule is CC(C(=O)O)c1ccc(-c2c(C(F)(F)F)c3cc(F)ccc3n(C)c2=O)c2nccn12.